The van der Waals surface area contributed by atoms with Crippen LogP contribution in [-0.2, 0) is 6.42 Å². The average Bonchev–Trinajstić information content (AvgIpc) is 2.86. The summed E-state index contributed by atoms with van der Waals surface area (Å²) in [6.45, 7) is 2.98. The summed E-state index contributed by atoms with van der Waals surface area (Å²) in [5, 5.41) is 4.09. The standard InChI is InChI=1S/C14H14ClNOS/c1-2-10-4-6-14(18-10)13-8-16-11-5-3-9(15)7-12(11)17-13/h3-7,13,16H,2,8H2,1H3. The van der Waals surface area contributed by atoms with E-state index in [0.717, 1.165) is 24.4 Å². The summed E-state index contributed by atoms with van der Waals surface area (Å²) in [6.07, 6.45) is 1.16. The van der Waals surface area contributed by atoms with E-state index in [2.05, 4.69) is 24.4 Å². The van der Waals surface area contributed by atoms with Gasteiger partial charge in [0.15, 0.2) is 6.10 Å². The van der Waals surface area contributed by atoms with Crippen LogP contribution < -0.4 is 10.1 Å². The molecule has 0 amide bonds. The highest BCUT2D eigenvalue weighted by atomic mass is 35.5. The zero-order chi connectivity index (χ0) is 12.5. The lowest BCUT2D eigenvalue weighted by Crippen LogP contribution is -2.22. The molecule has 0 spiro atoms. The summed E-state index contributed by atoms with van der Waals surface area (Å²) < 4.78 is 6.02. The maximum atomic E-state index is 6.02. The molecule has 4 heteroatoms. The summed E-state index contributed by atoms with van der Waals surface area (Å²) in [4.78, 5) is 2.66. The molecule has 1 aliphatic rings. The average molecular weight is 280 g/mol. The van der Waals surface area contributed by atoms with Crippen LogP contribution in [0.25, 0.3) is 0 Å². The first-order valence-corrected chi connectivity index (χ1v) is 7.24. The molecule has 3 rings (SSSR count). The van der Waals surface area contributed by atoms with E-state index in [1.807, 2.05) is 29.5 Å². The van der Waals surface area contributed by atoms with Gasteiger partial charge in [0.05, 0.1) is 12.2 Å². The van der Waals surface area contributed by atoms with E-state index < -0.39 is 0 Å². The molecule has 2 heterocycles. The van der Waals surface area contributed by atoms with Crippen molar-refractivity contribution in [1.29, 1.82) is 0 Å². The Labute approximate surface area is 116 Å². The van der Waals surface area contributed by atoms with Crippen LogP contribution in [0.1, 0.15) is 22.8 Å². The Morgan fingerprint density at radius 2 is 2.28 bits per heavy atom. The number of hydrogen-bond acceptors (Lipinski definition) is 3. The number of benzene rings is 1. The van der Waals surface area contributed by atoms with E-state index in [-0.39, 0.29) is 6.10 Å². The van der Waals surface area contributed by atoms with Gasteiger partial charge in [0, 0.05) is 20.8 Å². The highest BCUT2D eigenvalue weighted by Gasteiger charge is 2.22. The Morgan fingerprint density at radius 1 is 1.39 bits per heavy atom. The normalized spacial score (nSPS) is 17.8. The molecule has 1 unspecified atom stereocenters. The molecule has 1 aromatic heterocycles. The summed E-state index contributed by atoms with van der Waals surface area (Å²) in [5.41, 5.74) is 1.02. The molecule has 1 aromatic carbocycles. The third kappa shape index (κ3) is 2.20. The number of anilines is 1. The van der Waals surface area contributed by atoms with Gasteiger partial charge in [0.1, 0.15) is 5.75 Å². The summed E-state index contributed by atoms with van der Waals surface area (Å²) in [6, 6.07) is 10.0. The van der Waals surface area contributed by atoms with Crippen molar-refractivity contribution in [2.24, 2.45) is 0 Å². The SMILES string of the molecule is CCc1ccc(C2CNc3ccc(Cl)cc3O2)s1. The molecule has 0 fully saturated rings. The molecule has 1 atom stereocenters. The third-order valence-electron chi connectivity index (χ3n) is 3.04. The van der Waals surface area contributed by atoms with Crippen LogP contribution in [0.3, 0.4) is 0 Å². The van der Waals surface area contributed by atoms with Gasteiger partial charge in [0.2, 0.25) is 0 Å². The van der Waals surface area contributed by atoms with Crippen LogP contribution >= 0.6 is 22.9 Å². The first-order valence-electron chi connectivity index (χ1n) is 6.05. The predicted molar refractivity (Wildman–Crippen MR) is 77.0 cm³/mol. The van der Waals surface area contributed by atoms with Crippen LogP contribution in [0.15, 0.2) is 30.3 Å². The Balaban J connectivity index is 1.85. The lowest BCUT2D eigenvalue weighted by molar-refractivity contribution is 0.214. The third-order valence-corrected chi connectivity index (χ3v) is 4.60. The van der Waals surface area contributed by atoms with Crippen molar-refractivity contribution in [3.8, 4) is 5.75 Å². The molecule has 0 bridgehead atoms. The van der Waals surface area contributed by atoms with Crippen molar-refractivity contribution < 1.29 is 4.74 Å². The van der Waals surface area contributed by atoms with Gasteiger partial charge < -0.3 is 10.1 Å². The number of hydrogen-bond donors (Lipinski definition) is 1. The minimum atomic E-state index is 0.0845. The molecule has 0 radical (unpaired) electrons. The van der Waals surface area contributed by atoms with E-state index in [1.165, 1.54) is 9.75 Å². The van der Waals surface area contributed by atoms with Gasteiger partial charge in [-0.25, -0.2) is 0 Å². The van der Waals surface area contributed by atoms with Gasteiger partial charge >= 0.3 is 0 Å². The molecule has 94 valence electrons. The molecular weight excluding hydrogens is 266 g/mol. The van der Waals surface area contributed by atoms with Crippen molar-refractivity contribution in [2.45, 2.75) is 19.4 Å². The van der Waals surface area contributed by atoms with E-state index in [9.17, 15) is 0 Å². The fourth-order valence-electron chi connectivity index (χ4n) is 2.05. The van der Waals surface area contributed by atoms with Crippen molar-refractivity contribution in [1.82, 2.24) is 0 Å². The Bertz CT molecular complexity index is 567. The number of halogens is 1. The van der Waals surface area contributed by atoms with E-state index in [1.54, 1.807) is 0 Å². The van der Waals surface area contributed by atoms with Gasteiger partial charge in [-0.15, -0.1) is 11.3 Å². The van der Waals surface area contributed by atoms with Crippen molar-refractivity contribution in [3.05, 3.63) is 45.1 Å². The van der Waals surface area contributed by atoms with Crippen LogP contribution in [0, 0.1) is 0 Å². The van der Waals surface area contributed by atoms with Gasteiger partial charge in [-0.1, -0.05) is 18.5 Å². The molecule has 1 aliphatic heterocycles. The Kier molecular flexibility index (Phi) is 3.18. The number of aryl methyl sites for hydroxylation is 1. The van der Waals surface area contributed by atoms with E-state index in [4.69, 9.17) is 16.3 Å². The van der Waals surface area contributed by atoms with Gasteiger partial charge in [-0.3, -0.25) is 0 Å². The predicted octanol–water partition coefficient (Wildman–Crippen LogP) is 4.51. The maximum absolute atomic E-state index is 6.02. The van der Waals surface area contributed by atoms with E-state index >= 15 is 0 Å². The smallest absolute Gasteiger partial charge is 0.150 e. The second-order valence-electron chi connectivity index (χ2n) is 4.29. The minimum absolute atomic E-state index is 0.0845. The van der Waals surface area contributed by atoms with Gasteiger partial charge in [0.25, 0.3) is 0 Å². The number of rotatable bonds is 2. The van der Waals surface area contributed by atoms with Gasteiger partial charge in [-0.05, 0) is 30.7 Å². The summed E-state index contributed by atoms with van der Waals surface area (Å²) in [5.74, 6) is 0.838. The summed E-state index contributed by atoms with van der Waals surface area (Å²) >= 11 is 7.81. The number of fused-ring (bicyclic) bond motifs is 1. The van der Waals surface area contributed by atoms with E-state index in [0.29, 0.717) is 5.02 Å². The zero-order valence-electron chi connectivity index (χ0n) is 10.1. The van der Waals surface area contributed by atoms with Crippen LogP contribution in [-0.4, -0.2) is 6.54 Å². The number of thiophene rings is 1. The monoisotopic (exact) mass is 279 g/mol. The number of nitrogens with one attached hydrogen (secondary N) is 1. The molecule has 0 saturated carbocycles. The molecular formula is C14H14ClNOS. The van der Waals surface area contributed by atoms with Crippen molar-refractivity contribution in [3.63, 3.8) is 0 Å². The topological polar surface area (TPSA) is 21.3 Å². The first-order chi connectivity index (χ1) is 8.76. The zero-order valence-corrected chi connectivity index (χ0v) is 11.6. The fraction of sp³-hybridized carbons (Fsp3) is 0.286. The summed E-state index contributed by atoms with van der Waals surface area (Å²) in [7, 11) is 0. The molecule has 2 nitrogen and oxygen atoms in total. The highest BCUT2D eigenvalue weighted by Crippen LogP contribution is 2.37. The number of ether oxygens (including phenoxy) is 1. The fourth-order valence-corrected chi connectivity index (χ4v) is 3.20. The largest absolute Gasteiger partial charge is 0.481 e. The lowest BCUT2D eigenvalue weighted by atomic mass is 10.2. The minimum Gasteiger partial charge on any atom is -0.481 e. The quantitative estimate of drug-likeness (QED) is 0.873. The van der Waals surface area contributed by atoms with Crippen LogP contribution in [0.5, 0.6) is 5.75 Å². The van der Waals surface area contributed by atoms with Crippen molar-refractivity contribution >= 4 is 28.6 Å². The second kappa shape index (κ2) is 4.82. The lowest BCUT2D eigenvalue weighted by Gasteiger charge is -2.26. The van der Waals surface area contributed by atoms with Crippen molar-refractivity contribution in [2.75, 3.05) is 11.9 Å². The maximum Gasteiger partial charge on any atom is 0.150 e. The highest BCUT2D eigenvalue weighted by molar-refractivity contribution is 7.12. The van der Waals surface area contributed by atoms with Gasteiger partial charge in [-0.2, -0.15) is 0 Å². The molecule has 1 N–H and O–H groups in total. The van der Waals surface area contributed by atoms with Crippen LogP contribution in [0.4, 0.5) is 5.69 Å². The first kappa shape index (κ1) is 11.9. The second-order valence-corrected chi connectivity index (χ2v) is 5.92. The van der Waals surface area contributed by atoms with Crippen LogP contribution in [0.2, 0.25) is 5.02 Å². The Morgan fingerprint density at radius 3 is 3.06 bits per heavy atom. The molecule has 2 aromatic rings. The molecule has 18 heavy (non-hydrogen) atoms. The molecule has 0 aliphatic carbocycles. The Hall–Kier alpha value is -1.19. The molecule has 0 saturated heterocycles.